The van der Waals surface area contributed by atoms with Gasteiger partial charge in [0.1, 0.15) is 11.4 Å². The van der Waals surface area contributed by atoms with Crippen molar-refractivity contribution in [1.29, 1.82) is 0 Å². The third-order valence-electron chi connectivity index (χ3n) is 7.06. The first-order valence-electron chi connectivity index (χ1n) is 11.3. The zero-order chi connectivity index (χ0) is 23.3. The first-order chi connectivity index (χ1) is 15.8. The smallest absolute Gasteiger partial charge is 0.259 e. The summed E-state index contributed by atoms with van der Waals surface area (Å²) in [4.78, 5) is 33.9. The minimum absolute atomic E-state index is 0.0491. The summed E-state index contributed by atoms with van der Waals surface area (Å²) in [5.74, 6) is -0.331. The molecule has 2 amide bonds. The Morgan fingerprint density at radius 1 is 1.18 bits per heavy atom. The van der Waals surface area contributed by atoms with E-state index >= 15 is 0 Å². The topological polar surface area (TPSA) is 117 Å². The van der Waals surface area contributed by atoms with Crippen LogP contribution in [0.4, 0.5) is 5.82 Å². The minimum atomic E-state index is -0.630. The average molecular weight is 449 g/mol. The quantitative estimate of drug-likeness (QED) is 0.613. The maximum atomic E-state index is 13.8. The molecular weight excluding hydrogens is 420 g/mol. The number of aliphatic hydroxyl groups is 1. The zero-order valence-corrected chi connectivity index (χ0v) is 18.8. The van der Waals surface area contributed by atoms with E-state index in [2.05, 4.69) is 10.1 Å². The fourth-order valence-corrected chi connectivity index (χ4v) is 5.42. The van der Waals surface area contributed by atoms with Crippen molar-refractivity contribution >= 4 is 23.3 Å². The molecule has 9 heteroatoms. The number of likely N-dealkylation sites (tertiary alicyclic amines) is 2. The maximum Gasteiger partial charge on any atom is 0.259 e. The number of fused-ring (bicyclic) bond motifs is 2. The highest BCUT2D eigenvalue weighted by atomic mass is 16.3. The number of carbonyl (C=O) groups is 2. The van der Waals surface area contributed by atoms with Gasteiger partial charge in [0, 0.05) is 50.7 Å². The van der Waals surface area contributed by atoms with Gasteiger partial charge in [0.2, 0.25) is 5.91 Å². The summed E-state index contributed by atoms with van der Waals surface area (Å²) >= 11 is 0. The molecule has 3 aromatic rings. The molecule has 4 atom stereocenters. The summed E-state index contributed by atoms with van der Waals surface area (Å²) in [6, 6.07) is 11.4. The SMILES string of the molecule is CC(=O)N1CC[C@@H](O)[C@@H]2[C@@H](C1)N(C(=O)c1cnc3cc(C)nn3c1N)C[C@H]2c1ccccc1. The Morgan fingerprint density at radius 3 is 2.67 bits per heavy atom. The molecule has 0 radical (unpaired) electrons. The van der Waals surface area contributed by atoms with Crippen LogP contribution in [0.5, 0.6) is 0 Å². The fourth-order valence-electron chi connectivity index (χ4n) is 5.42. The van der Waals surface area contributed by atoms with Gasteiger partial charge in [-0.05, 0) is 18.9 Å². The first kappa shape index (κ1) is 21.4. The fraction of sp³-hybridized carbons (Fsp3) is 0.417. The molecule has 2 fully saturated rings. The number of amides is 2. The predicted octanol–water partition coefficient (Wildman–Crippen LogP) is 1.46. The van der Waals surface area contributed by atoms with Crippen LogP contribution in [0.15, 0.2) is 42.6 Å². The summed E-state index contributed by atoms with van der Waals surface area (Å²) in [6.07, 6.45) is 1.34. The lowest BCUT2D eigenvalue weighted by Crippen LogP contribution is -2.46. The molecule has 9 nitrogen and oxygen atoms in total. The first-order valence-corrected chi connectivity index (χ1v) is 11.3. The van der Waals surface area contributed by atoms with Gasteiger partial charge in [0.05, 0.1) is 17.8 Å². The Morgan fingerprint density at radius 2 is 1.94 bits per heavy atom. The van der Waals surface area contributed by atoms with E-state index in [1.165, 1.54) is 17.6 Å². The van der Waals surface area contributed by atoms with Crippen LogP contribution in [0.3, 0.4) is 0 Å². The summed E-state index contributed by atoms with van der Waals surface area (Å²) in [5, 5.41) is 15.5. The van der Waals surface area contributed by atoms with Crippen LogP contribution in [0.1, 0.15) is 40.9 Å². The molecule has 0 saturated carbocycles. The molecule has 2 aliphatic rings. The number of nitrogens with two attached hydrogens (primary N) is 1. The summed E-state index contributed by atoms with van der Waals surface area (Å²) in [6.45, 7) is 4.64. The van der Waals surface area contributed by atoms with Gasteiger partial charge in [-0.2, -0.15) is 9.61 Å². The number of anilines is 1. The van der Waals surface area contributed by atoms with Crippen molar-refractivity contribution in [3.05, 3.63) is 59.4 Å². The van der Waals surface area contributed by atoms with Gasteiger partial charge in [-0.3, -0.25) is 9.59 Å². The Balaban J connectivity index is 1.57. The number of aliphatic hydroxyl groups excluding tert-OH is 1. The van der Waals surface area contributed by atoms with Crippen molar-refractivity contribution in [1.82, 2.24) is 24.4 Å². The highest BCUT2D eigenvalue weighted by Crippen LogP contribution is 2.42. The maximum absolute atomic E-state index is 13.8. The number of nitrogen functional groups attached to an aromatic ring is 1. The lowest BCUT2D eigenvalue weighted by molar-refractivity contribution is -0.129. The Kier molecular flexibility index (Phi) is 5.28. The van der Waals surface area contributed by atoms with E-state index in [4.69, 9.17) is 5.73 Å². The molecule has 0 unspecified atom stereocenters. The molecule has 2 aromatic heterocycles. The van der Waals surface area contributed by atoms with Gasteiger partial charge in [-0.15, -0.1) is 0 Å². The zero-order valence-electron chi connectivity index (χ0n) is 18.8. The third kappa shape index (κ3) is 3.62. The Hall–Kier alpha value is -3.46. The molecule has 0 aliphatic carbocycles. The predicted molar refractivity (Wildman–Crippen MR) is 123 cm³/mol. The van der Waals surface area contributed by atoms with E-state index in [9.17, 15) is 14.7 Å². The molecule has 0 spiro atoms. The van der Waals surface area contributed by atoms with Gasteiger partial charge in [-0.1, -0.05) is 30.3 Å². The highest BCUT2D eigenvalue weighted by Gasteiger charge is 2.50. The summed E-state index contributed by atoms with van der Waals surface area (Å²) < 4.78 is 1.48. The molecule has 2 saturated heterocycles. The third-order valence-corrected chi connectivity index (χ3v) is 7.06. The van der Waals surface area contributed by atoms with Crippen LogP contribution < -0.4 is 5.73 Å². The molecule has 4 heterocycles. The number of hydrogen-bond donors (Lipinski definition) is 2. The van der Waals surface area contributed by atoms with Crippen molar-refractivity contribution in [2.75, 3.05) is 25.4 Å². The summed E-state index contributed by atoms with van der Waals surface area (Å²) in [7, 11) is 0. The molecule has 2 aliphatic heterocycles. The largest absolute Gasteiger partial charge is 0.393 e. The molecule has 33 heavy (non-hydrogen) atoms. The standard InChI is InChI=1S/C24H28N6O3/c1-14-10-21-26-11-17(23(25)30(21)27-14)24(33)29-12-18(16-6-4-3-5-7-16)22-19(29)13-28(15(2)31)9-8-20(22)32/h3-7,10-11,18-20,22,32H,8-9,12-13,25H2,1-2H3/t18-,19+,20+,22-/m0/s1. The van der Waals surface area contributed by atoms with Gasteiger partial charge in [-0.25, -0.2) is 4.98 Å². The van der Waals surface area contributed by atoms with Crippen molar-refractivity contribution in [3.8, 4) is 0 Å². The summed E-state index contributed by atoms with van der Waals surface area (Å²) in [5.41, 5.74) is 9.03. The van der Waals surface area contributed by atoms with Crippen molar-refractivity contribution in [2.24, 2.45) is 5.92 Å². The molecular formula is C24H28N6O3. The van der Waals surface area contributed by atoms with Crippen LogP contribution in [-0.4, -0.2) is 73.1 Å². The monoisotopic (exact) mass is 448 g/mol. The van der Waals surface area contributed by atoms with Crippen LogP contribution >= 0.6 is 0 Å². The van der Waals surface area contributed by atoms with E-state index in [-0.39, 0.29) is 41.1 Å². The Bertz CT molecular complexity index is 1210. The average Bonchev–Trinajstić information content (AvgIpc) is 3.32. The van der Waals surface area contributed by atoms with Gasteiger partial charge in [0.25, 0.3) is 5.91 Å². The number of nitrogens with zero attached hydrogens (tertiary/aromatic N) is 5. The van der Waals surface area contributed by atoms with Crippen molar-refractivity contribution < 1.29 is 14.7 Å². The van der Waals surface area contributed by atoms with Crippen LogP contribution in [0.25, 0.3) is 5.65 Å². The van der Waals surface area contributed by atoms with Crippen molar-refractivity contribution in [3.63, 3.8) is 0 Å². The Labute approximate surface area is 191 Å². The van der Waals surface area contributed by atoms with Crippen LogP contribution in [0, 0.1) is 12.8 Å². The van der Waals surface area contributed by atoms with E-state index < -0.39 is 6.10 Å². The van der Waals surface area contributed by atoms with Gasteiger partial charge in [0.15, 0.2) is 5.65 Å². The lowest BCUT2D eigenvalue weighted by Gasteiger charge is -2.31. The second-order valence-corrected chi connectivity index (χ2v) is 9.05. The number of aryl methyl sites for hydroxylation is 1. The van der Waals surface area contributed by atoms with E-state index in [0.717, 1.165) is 11.3 Å². The van der Waals surface area contributed by atoms with E-state index in [1.54, 1.807) is 15.9 Å². The molecule has 5 rings (SSSR count). The molecule has 3 N–H and O–H groups in total. The highest BCUT2D eigenvalue weighted by molar-refractivity contribution is 5.99. The molecule has 172 valence electrons. The van der Waals surface area contributed by atoms with E-state index in [0.29, 0.717) is 31.7 Å². The number of aromatic nitrogens is 3. The van der Waals surface area contributed by atoms with E-state index in [1.807, 2.05) is 37.3 Å². The number of carbonyl (C=O) groups excluding carboxylic acids is 2. The van der Waals surface area contributed by atoms with Gasteiger partial charge >= 0.3 is 0 Å². The van der Waals surface area contributed by atoms with Crippen LogP contribution in [0.2, 0.25) is 0 Å². The second-order valence-electron chi connectivity index (χ2n) is 9.05. The van der Waals surface area contributed by atoms with Gasteiger partial charge < -0.3 is 20.6 Å². The number of rotatable bonds is 2. The second kappa shape index (κ2) is 8.15. The molecule has 0 bridgehead atoms. The normalized spacial score (nSPS) is 25.2. The lowest BCUT2D eigenvalue weighted by atomic mass is 9.81. The van der Waals surface area contributed by atoms with Crippen LogP contribution in [-0.2, 0) is 4.79 Å². The van der Waals surface area contributed by atoms with Crippen molar-refractivity contribution in [2.45, 2.75) is 38.3 Å². The number of benzene rings is 1. The number of hydrogen-bond acceptors (Lipinski definition) is 6. The minimum Gasteiger partial charge on any atom is -0.393 e. The molecule has 1 aromatic carbocycles.